The normalized spacial score (nSPS) is 14.7. The summed E-state index contributed by atoms with van der Waals surface area (Å²) in [5, 5.41) is 13.2. The number of carbonyl (C=O) groups excluding carboxylic acids is 3. The highest BCUT2D eigenvalue weighted by Crippen LogP contribution is 2.27. The number of anilines is 1. The van der Waals surface area contributed by atoms with Crippen LogP contribution in [0.3, 0.4) is 0 Å². The number of amides is 4. The highest BCUT2D eigenvalue weighted by atomic mass is 127. The van der Waals surface area contributed by atoms with Crippen LogP contribution in [-0.2, 0) is 16.2 Å². The van der Waals surface area contributed by atoms with Gasteiger partial charge in [0.05, 0.1) is 14.2 Å². The van der Waals surface area contributed by atoms with E-state index in [1.807, 2.05) is 13.8 Å². The Morgan fingerprint density at radius 3 is 2.50 bits per heavy atom. The predicted octanol–water partition coefficient (Wildman–Crippen LogP) is 5.06. The molecule has 3 aromatic rings. The summed E-state index contributed by atoms with van der Waals surface area (Å²) in [4.78, 5) is 49.5. The summed E-state index contributed by atoms with van der Waals surface area (Å²) in [6, 6.07) is 15.6. The number of nitro benzene ring substituents is 1. The van der Waals surface area contributed by atoms with Crippen molar-refractivity contribution in [3.05, 3.63) is 102 Å². The number of carbonyl (C=O) groups is 3. The third-order valence-electron chi connectivity index (χ3n) is 5.63. The Balaban J connectivity index is 1.55. The Morgan fingerprint density at radius 2 is 1.81 bits per heavy atom. The number of halogens is 1. The van der Waals surface area contributed by atoms with E-state index >= 15 is 0 Å². The average molecular weight is 597 g/mol. The number of hydrogen-bond donors (Lipinski definition) is 1. The fourth-order valence-electron chi connectivity index (χ4n) is 3.57. The van der Waals surface area contributed by atoms with Crippen molar-refractivity contribution in [2.24, 2.45) is 0 Å². The lowest BCUT2D eigenvalue weighted by Crippen LogP contribution is -2.54. The van der Waals surface area contributed by atoms with Crippen molar-refractivity contribution in [1.29, 1.82) is 0 Å². The zero-order valence-corrected chi connectivity index (χ0v) is 21.4. The molecule has 0 atom stereocenters. The first kappa shape index (κ1) is 25.0. The number of hydrogen-bond acceptors (Lipinski definition) is 6. The summed E-state index contributed by atoms with van der Waals surface area (Å²) in [5.74, 6) is -0.949. The summed E-state index contributed by atoms with van der Waals surface area (Å²) < 4.78 is 6.51. The number of ether oxygens (including phenoxy) is 1. The topological polar surface area (TPSA) is 119 Å². The molecule has 1 saturated heterocycles. The molecular weight excluding hydrogens is 577 g/mol. The number of aryl methyl sites for hydroxylation is 2. The van der Waals surface area contributed by atoms with Crippen LogP contribution in [0.1, 0.15) is 22.3 Å². The van der Waals surface area contributed by atoms with Gasteiger partial charge in [-0.05, 0) is 89.0 Å². The molecule has 36 heavy (non-hydrogen) atoms. The first-order valence-electron chi connectivity index (χ1n) is 10.8. The number of barbiturate groups is 1. The maximum Gasteiger partial charge on any atom is 0.335 e. The first-order chi connectivity index (χ1) is 17.1. The Bertz CT molecular complexity index is 1450. The van der Waals surface area contributed by atoms with Crippen LogP contribution in [-0.4, -0.2) is 22.8 Å². The first-order valence-corrected chi connectivity index (χ1v) is 11.9. The fourth-order valence-corrected chi connectivity index (χ4v) is 4.26. The molecule has 9 nitrogen and oxygen atoms in total. The summed E-state index contributed by atoms with van der Waals surface area (Å²) in [7, 11) is 0. The van der Waals surface area contributed by atoms with Crippen LogP contribution in [0.4, 0.5) is 16.2 Å². The minimum absolute atomic E-state index is 0.0171. The Morgan fingerprint density at radius 1 is 1.03 bits per heavy atom. The minimum atomic E-state index is -0.801. The molecule has 0 radical (unpaired) electrons. The van der Waals surface area contributed by atoms with Gasteiger partial charge >= 0.3 is 6.03 Å². The molecule has 0 aliphatic carbocycles. The van der Waals surface area contributed by atoms with Crippen molar-refractivity contribution < 1.29 is 24.0 Å². The number of benzene rings is 3. The van der Waals surface area contributed by atoms with Gasteiger partial charge in [-0.2, -0.15) is 0 Å². The summed E-state index contributed by atoms with van der Waals surface area (Å²) >= 11 is 2.06. The number of imide groups is 2. The molecular formula is C26H20IN3O6. The van der Waals surface area contributed by atoms with Gasteiger partial charge in [0.2, 0.25) is 0 Å². The van der Waals surface area contributed by atoms with Gasteiger partial charge in [0.25, 0.3) is 17.5 Å². The molecule has 1 N–H and O–H groups in total. The predicted molar refractivity (Wildman–Crippen MR) is 142 cm³/mol. The lowest BCUT2D eigenvalue weighted by molar-refractivity contribution is -0.384. The maximum atomic E-state index is 13.1. The maximum absolute atomic E-state index is 13.1. The zero-order valence-electron chi connectivity index (χ0n) is 19.3. The van der Waals surface area contributed by atoms with E-state index in [0.29, 0.717) is 26.1 Å². The summed E-state index contributed by atoms with van der Waals surface area (Å²) in [6.45, 7) is 3.93. The van der Waals surface area contributed by atoms with Gasteiger partial charge in [-0.25, -0.2) is 9.69 Å². The van der Waals surface area contributed by atoms with Crippen LogP contribution in [0, 0.1) is 27.5 Å². The smallest absolute Gasteiger partial charge is 0.335 e. The number of nitrogens with one attached hydrogen (secondary N) is 1. The molecule has 0 saturated carbocycles. The van der Waals surface area contributed by atoms with Crippen molar-refractivity contribution in [2.45, 2.75) is 20.5 Å². The molecule has 1 heterocycles. The number of nitro groups is 1. The van der Waals surface area contributed by atoms with Crippen molar-refractivity contribution in [1.82, 2.24) is 5.32 Å². The molecule has 0 aromatic heterocycles. The van der Waals surface area contributed by atoms with Crippen LogP contribution >= 0.6 is 22.6 Å². The van der Waals surface area contributed by atoms with E-state index in [1.165, 1.54) is 18.2 Å². The van der Waals surface area contributed by atoms with E-state index < -0.39 is 22.8 Å². The number of non-ortho nitro benzene ring substituents is 1. The minimum Gasteiger partial charge on any atom is -0.488 e. The SMILES string of the molecule is Cc1ccc(N2C(=O)NC(=O)/C(=C\c3ccc(OCc4cccc([N+](=O)[O-])c4)c(I)c3)C2=O)cc1C. The number of nitrogens with zero attached hydrogens (tertiary/aromatic N) is 2. The van der Waals surface area contributed by atoms with Gasteiger partial charge in [-0.15, -0.1) is 0 Å². The second-order valence-electron chi connectivity index (χ2n) is 8.13. The summed E-state index contributed by atoms with van der Waals surface area (Å²) in [5.41, 5.74) is 3.31. The lowest BCUT2D eigenvalue weighted by Gasteiger charge is -2.26. The average Bonchev–Trinajstić information content (AvgIpc) is 2.83. The Kier molecular flexibility index (Phi) is 7.15. The molecule has 3 aromatic carbocycles. The van der Waals surface area contributed by atoms with Gasteiger partial charge in [0.1, 0.15) is 17.9 Å². The van der Waals surface area contributed by atoms with Crippen LogP contribution in [0.15, 0.2) is 66.2 Å². The van der Waals surface area contributed by atoms with Crippen LogP contribution < -0.4 is 15.0 Å². The van der Waals surface area contributed by atoms with Gasteiger partial charge in [0, 0.05) is 12.1 Å². The van der Waals surface area contributed by atoms with Gasteiger partial charge < -0.3 is 4.74 Å². The third kappa shape index (κ3) is 5.28. The van der Waals surface area contributed by atoms with E-state index in [2.05, 4.69) is 27.9 Å². The molecule has 10 heteroatoms. The van der Waals surface area contributed by atoms with Gasteiger partial charge in [-0.1, -0.05) is 24.3 Å². The van der Waals surface area contributed by atoms with Crippen molar-refractivity contribution >= 4 is 57.9 Å². The van der Waals surface area contributed by atoms with Crippen molar-refractivity contribution in [2.75, 3.05) is 4.90 Å². The monoisotopic (exact) mass is 597 g/mol. The largest absolute Gasteiger partial charge is 0.488 e. The standard InChI is InChI=1S/C26H20IN3O6/c1-15-6-8-19(10-16(15)2)29-25(32)21(24(31)28-26(29)33)12-17-7-9-23(22(27)13-17)36-14-18-4-3-5-20(11-18)30(34)35/h3-13H,14H2,1-2H3,(H,28,31,33)/b21-12+. The van der Waals surface area contributed by atoms with E-state index in [0.717, 1.165) is 16.0 Å². The second kappa shape index (κ2) is 10.3. The highest BCUT2D eigenvalue weighted by Gasteiger charge is 2.36. The van der Waals surface area contributed by atoms with Crippen molar-refractivity contribution in [3.63, 3.8) is 0 Å². The van der Waals surface area contributed by atoms with E-state index in [9.17, 15) is 24.5 Å². The van der Waals surface area contributed by atoms with Crippen LogP contribution in [0.25, 0.3) is 6.08 Å². The van der Waals surface area contributed by atoms with Crippen molar-refractivity contribution in [3.8, 4) is 5.75 Å². The van der Waals surface area contributed by atoms with E-state index in [-0.39, 0.29) is 17.9 Å². The molecule has 4 amide bonds. The molecule has 1 fully saturated rings. The number of rotatable bonds is 6. The Hall–Kier alpha value is -4.06. The van der Waals surface area contributed by atoms with Gasteiger partial charge in [0.15, 0.2) is 0 Å². The van der Waals surface area contributed by atoms with Crippen LogP contribution in [0.5, 0.6) is 5.75 Å². The quantitative estimate of drug-likeness (QED) is 0.140. The Labute approximate surface area is 220 Å². The zero-order chi connectivity index (χ0) is 26.0. The van der Waals surface area contributed by atoms with E-state index in [1.54, 1.807) is 48.5 Å². The molecule has 0 bridgehead atoms. The molecule has 1 aliphatic heterocycles. The highest BCUT2D eigenvalue weighted by molar-refractivity contribution is 14.1. The third-order valence-corrected chi connectivity index (χ3v) is 6.48. The van der Waals surface area contributed by atoms with Gasteiger partial charge in [-0.3, -0.25) is 25.0 Å². The molecule has 182 valence electrons. The molecule has 0 spiro atoms. The lowest BCUT2D eigenvalue weighted by atomic mass is 10.1. The fraction of sp³-hybridized carbons (Fsp3) is 0.115. The molecule has 4 rings (SSSR count). The molecule has 0 unspecified atom stereocenters. The van der Waals surface area contributed by atoms with E-state index in [4.69, 9.17) is 4.74 Å². The molecule has 1 aliphatic rings. The summed E-state index contributed by atoms with van der Waals surface area (Å²) in [6.07, 6.45) is 1.42. The number of urea groups is 1. The second-order valence-corrected chi connectivity index (χ2v) is 9.29. The van der Waals surface area contributed by atoms with Crippen LogP contribution in [0.2, 0.25) is 0 Å².